The van der Waals surface area contributed by atoms with Crippen LogP contribution in [0.5, 0.6) is 0 Å². The van der Waals surface area contributed by atoms with E-state index in [2.05, 4.69) is 29.4 Å². The lowest BCUT2D eigenvalue weighted by atomic mass is 10.2. The van der Waals surface area contributed by atoms with Crippen molar-refractivity contribution in [3.8, 4) is 0 Å². The van der Waals surface area contributed by atoms with E-state index in [1.165, 1.54) is 19.4 Å². The van der Waals surface area contributed by atoms with E-state index in [0.717, 1.165) is 45.1 Å². The number of amides is 1. The average Bonchev–Trinajstić information content (AvgIpc) is 3.20. The highest BCUT2D eigenvalue weighted by atomic mass is 127. The molecular weight excluding hydrogens is 417 g/mol. The normalized spacial score (nSPS) is 24.8. The summed E-state index contributed by atoms with van der Waals surface area (Å²) in [4.78, 5) is 21.1. The Morgan fingerprint density at radius 2 is 2.00 bits per heavy atom. The number of hydrogen-bond acceptors (Lipinski definition) is 3. The van der Waals surface area contributed by atoms with Gasteiger partial charge in [0.25, 0.3) is 0 Å². The first kappa shape index (κ1) is 21.5. The zero-order valence-corrected chi connectivity index (χ0v) is 17.7. The molecule has 2 aliphatic heterocycles. The van der Waals surface area contributed by atoms with Crippen molar-refractivity contribution in [1.29, 1.82) is 0 Å². The molecule has 2 heterocycles. The number of guanidine groups is 1. The van der Waals surface area contributed by atoms with E-state index in [4.69, 9.17) is 4.99 Å². The summed E-state index contributed by atoms with van der Waals surface area (Å²) in [6.45, 7) is 11.9. The molecule has 7 heteroatoms. The van der Waals surface area contributed by atoms with Crippen molar-refractivity contribution < 1.29 is 4.79 Å². The lowest BCUT2D eigenvalue weighted by molar-refractivity contribution is -0.129. The van der Waals surface area contributed by atoms with Gasteiger partial charge in [0, 0.05) is 38.1 Å². The molecule has 140 valence electrons. The molecule has 0 aromatic rings. The van der Waals surface area contributed by atoms with Crippen LogP contribution < -0.4 is 10.6 Å². The van der Waals surface area contributed by atoms with Gasteiger partial charge in [-0.2, -0.15) is 0 Å². The predicted molar refractivity (Wildman–Crippen MR) is 110 cm³/mol. The molecule has 2 rings (SSSR count). The van der Waals surface area contributed by atoms with Gasteiger partial charge in [-0.25, -0.2) is 0 Å². The van der Waals surface area contributed by atoms with Crippen molar-refractivity contribution in [2.24, 2.45) is 4.99 Å². The molecule has 2 aliphatic rings. The van der Waals surface area contributed by atoms with Crippen LogP contribution in [0.2, 0.25) is 0 Å². The van der Waals surface area contributed by atoms with Gasteiger partial charge in [-0.3, -0.25) is 14.7 Å². The van der Waals surface area contributed by atoms with Crippen LogP contribution in [0, 0.1) is 0 Å². The predicted octanol–water partition coefficient (Wildman–Crippen LogP) is 1.65. The standard InChI is InChI=1S/C17H33N5O.HI/c1-4-16(23)22-11-9-14(13-22)20-17(18-5-2)19-12-15-8-7-10-21(15)6-3;/h14-15H,4-13H2,1-3H3,(H2,18,19,20);1H. The number of halogens is 1. The number of rotatable bonds is 6. The number of aliphatic imine (C=N–C) groups is 1. The molecule has 1 amide bonds. The molecule has 2 saturated heterocycles. The maximum absolute atomic E-state index is 11.8. The third-order valence-corrected chi connectivity index (χ3v) is 4.89. The van der Waals surface area contributed by atoms with Crippen LogP contribution in [0.1, 0.15) is 46.5 Å². The van der Waals surface area contributed by atoms with Gasteiger partial charge in [0.15, 0.2) is 5.96 Å². The molecule has 6 nitrogen and oxygen atoms in total. The Bertz CT molecular complexity index is 418. The number of likely N-dealkylation sites (N-methyl/N-ethyl adjacent to an activating group) is 1. The molecule has 0 aliphatic carbocycles. The maximum atomic E-state index is 11.8. The van der Waals surface area contributed by atoms with E-state index < -0.39 is 0 Å². The lowest BCUT2D eigenvalue weighted by Crippen LogP contribution is -2.45. The summed E-state index contributed by atoms with van der Waals surface area (Å²) in [5.74, 6) is 1.15. The number of likely N-dealkylation sites (tertiary alicyclic amines) is 2. The van der Waals surface area contributed by atoms with Gasteiger partial charge in [0.1, 0.15) is 0 Å². The Labute approximate surface area is 163 Å². The van der Waals surface area contributed by atoms with E-state index in [9.17, 15) is 4.79 Å². The molecule has 0 aromatic heterocycles. The van der Waals surface area contributed by atoms with Gasteiger partial charge in [0.2, 0.25) is 5.91 Å². The van der Waals surface area contributed by atoms with E-state index in [1.807, 2.05) is 11.8 Å². The zero-order valence-electron chi connectivity index (χ0n) is 15.4. The van der Waals surface area contributed by atoms with Crippen molar-refractivity contribution in [3.63, 3.8) is 0 Å². The molecular formula is C17H34IN5O. The van der Waals surface area contributed by atoms with Crippen LogP contribution in [0.15, 0.2) is 4.99 Å². The summed E-state index contributed by atoms with van der Waals surface area (Å²) in [6, 6.07) is 0.895. The van der Waals surface area contributed by atoms with Gasteiger partial charge in [-0.1, -0.05) is 13.8 Å². The van der Waals surface area contributed by atoms with E-state index in [1.54, 1.807) is 0 Å². The maximum Gasteiger partial charge on any atom is 0.222 e. The minimum atomic E-state index is 0. The Balaban J connectivity index is 0.00000288. The van der Waals surface area contributed by atoms with Crippen LogP contribution in [-0.4, -0.2) is 73.0 Å². The number of carbonyl (C=O) groups is 1. The molecule has 2 N–H and O–H groups in total. The van der Waals surface area contributed by atoms with Crippen LogP contribution in [0.25, 0.3) is 0 Å². The second-order valence-corrected chi connectivity index (χ2v) is 6.47. The molecule has 2 fully saturated rings. The molecule has 2 unspecified atom stereocenters. The monoisotopic (exact) mass is 451 g/mol. The Morgan fingerprint density at radius 3 is 2.67 bits per heavy atom. The highest BCUT2D eigenvalue weighted by Gasteiger charge is 2.26. The molecule has 0 bridgehead atoms. The van der Waals surface area contributed by atoms with Gasteiger partial charge in [0.05, 0.1) is 6.54 Å². The molecule has 0 spiro atoms. The fourth-order valence-corrected chi connectivity index (χ4v) is 3.56. The van der Waals surface area contributed by atoms with Crippen molar-refractivity contribution in [3.05, 3.63) is 0 Å². The van der Waals surface area contributed by atoms with Crippen molar-refractivity contribution in [2.75, 3.05) is 39.3 Å². The van der Waals surface area contributed by atoms with Gasteiger partial charge in [-0.05, 0) is 39.3 Å². The first-order valence-corrected chi connectivity index (χ1v) is 9.24. The van der Waals surface area contributed by atoms with Gasteiger partial charge in [-0.15, -0.1) is 24.0 Å². The minimum Gasteiger partial charge on any atom is -0.357 e. The largest absolute Gasteiger partial charge is 0.357 e. The summed E-state index contributed by atoms with van der Waals surface area (Å²) in [5, 5.41) is 6.85. The van der Waals surface area contributed by atoms with Crippen LogP contribution in [0.4, 0.5) is 0 Å². The summed E-state index contributed by atoms with van der Waals surface area (Å²) < 4.78 is 0. The van der Waals surface area contributed by atoms with Crippen LogP contribution >= 0.6 is 24.0 Å². The summed E-state index contributed by atoms with van der Waals surface area (Å²) >= 11 is 0. The van der Waals surface area contributed by atoms with E-state index in [0.29, 0.717) is 18.5 Å². The van der Waals surface area contributed by atoms with Crippen molar-refractivity contribution in [2.45, 2.75) is 58.5 Å². The van der Waals surface area contributed by atoms with Gasteiger partial charge < -0.3 is 15.5 Å². The minimum absolute atomic E-state index is 0. The van der Waals surface area contributed by atoms with Crippen molar-refractivity contribution >= 4 is 35.8 Å². The molecule has 2 atom stereocenters. The Morgan fingerprint density at radius 1 is 1.21 bits per heavy atom. The summed E-state index contributed by atoms with van der Waals surface area (Å²) in [7, 11) is 0. The molecule has 0 saturated carbocycles. The van der Waals surface area contributed by atoms with Crippen LogP contribution in [-0.2, 0) is 4.79 Å². The number of nitrogens with zero attached hydrogens (tertiary/aromatic N) is 3. The highest BCUT2D eigenvalue weighted by molar-refractivity contribution is 14.0. The number of nitrogens with one attached hydrogen (secondary N) is 2. The quantitative estimate of drug-likeness (QED) is 0.367. The number of carbonyl (C=O) groups excluding carboxylic acids is 1. The highest BCUT2D eigenvalue weighted by Crippen LogP contribution is 2.16. The topological polar surface area (TPSA) is 60.0 Å². The zero-order chi connectivity index (χ0) is 16.7. The number of hydrogen-bond donors (Lipinski definition) is 2. The second kappa shape index (κ2) is 11.1. The molecule has 0 aromatic carbocycles. The first-order valence-electron chi connectivity index (χ1n) is 9.24. The van der Waals surface area contributed by atoms with E-state index in [-0.39, 0.29) is 29.9 Å². The third-order valence-electron chi connectivity index (χ3n) is 4.89. The van der Waals surface area contributed by atoms with E-state index >= 15 is 0 Å². The average molecular weight is 451 g/mol. The molecule has 0 radical (unpaired) electrons. The second-order valence-electron chi connectivity index (χ2n) is 6.47. The Hall–Kier alpha value is -0.570. The first-order chi connectivity index (χ1) is 11.2. The fourth-order valence-electron chi connectivity index (χ4n) is 3.56. The fraction of sp³-hybridized carbons (Fsp3) is 0.882. The smallest absolute Gasteiger partial charge is 0.222 e. The SMILES string of the molecule is CCNC(=NCC1CCCN1CC)NC1CCN(C(=O)CC)C1.I. The lowest BCUT2D eigenvalue weighted by Gasteiger charge is -2.22. The summed E-state index contributed by atoms with van der Waals surface area (Å²) in [5.41, 5.74) is 0. The van der Waals surface area contributed by atoms with Crippen LogP contribution in [0.3, 0.4) is 0 Å². The third kappa shape index (κ3) is 6.06. The Kier molecular flexibility index (Phi) is 9.95. The van der Waals surface area contributed by atoms with Gasteiger partial charge >= 0.3 is 0 Å². The van der Waals surface area contributed by atoms with Crippen molar-refractivity contribution in [1.82, 2.24) is 20.4 Å². The molecule has 24 heavy (non-hydrogen) atoms. The summed E-state index contributed by atoms with van der Waals surface area (Å²) in [6.07, 6.45) is 4.13.